The number of hydrogen-bond donors (Lipinski definition) is 1. The minimum Gasteiger partial charge on any atom is -0.280 e. The van der Waals surface area contributed by atoms with Crippen molar-refractivity contribution in [3.8, 4) is 0 Å². The zero-order valence-corrected chi connectivity index (χ0v) is 13.0. The molecule has 0 aliphatic heterocycles. The average Bonchev–Trinajstić information content (AvgIpc) is 2.48. The molecule has 120 valence electrons. The van der Waals surface area contributed by atoms with Crippen LogP contribution in [0, 0.1) is 15.9 Å². The number of nitrogens with one attached hydrogen (secondary N) is 1. The maximum Gasteiger partial charge on any atom is 0.306 e. The van der Waals surface area contributed by atoms with E-state index in [1.807, 2.05) is 0 Å². The molecule has 0 bridgehead atoms. The number of benzene rings is 2. The van der Waals surface area contributed by atoms with Gasteiger partial charge < -0.3 is 0 Å². The van der Waals surface area contributed by atoms with Gasteiger partial charge in [-0.05, 0) is 29.8 Å². The summed E-state index contributed by atoms with van der Waals surface area (Å²) in [6.07, 6.45) is 1.28. The second kappa shape index (κ2) is 6.76. The third-order valence-electron chi connectivity index (χ3n) is 2.73. The van der Waals surface area contributed by atoms with E-state index >= 15 is 0 Å². The number of halogens is 2. The van der Waals surface area contributed by atoms with Crippen LogP contribution in [0.5, 0.6) is 0 Å². The second-order valence-corrected chi connectivity index (χ2v) is 6.37. The standard InChI is InChI=1S/C14H10ClFN2O4S/c15-12-4-2-1-3-10(12)7-8-23(21,22)17-11-5-6-13(16)14(9-11)18(19)20/h1-9,17H. The molecule has 0 unspecified atom stereocenters. The Labute approximate surface area is 136 Å². The third kappa shape index (κ3) is 4.51. The zero-order valence-electron chi connectivity index (χ0n) is 11.4. The molecule has 9 heteroatoms. The zero-order chi connectivity index (χ0) is 17.0. The van der Waals surface area contributed by atoms with Crippen molar-refractivity contribution in [3.05, 3.63) is 74.4 Å². The molecule has 0 saturated carbocycles. The third-order valence-corrected chi connectivity index (χ3v) is 4.09. The van der Waals surface area contributed by atoms with Gasteiger partial charge in [0.25, 0.3) is 10.0 Å². The Bertz CT molecular complexity index is 884. The molecule has 2 aromatic carbocycles. The lowest BCUT2D eigenvalue weighted by atomic mass is 10.2. The number of anilines is 1. The lowest BCUT2D eigenvalue weighted by Crippen LogP contribution is -2.09. The number of nitro benzene ring substituents is 1. The van der Waals surface area contributed by atoms with Crippen molar-refractivity contribution in [1.82, 2.24) is 0 Å². The highest BCUT2D eigenvalue weighted by atomic mass is 35.5. The van der Waals surface area contributed by atoms with E-state index in [0.29, 0.717) is 10.6 Å². The minimum absolute atomic E-state index is 0.123. The van der Waals surface area contributed by atoms with E-state index < -0.39 is 26.5 Å². The number of rotatable bonds is 5. The van der Waals surface area contributed by atoms with Crippen LogP contribution in [-0.4, -0.2) is 13.3 Å². The predicted molar refractivity (Wildman–Crippen MR) is 86.1 cm³/mol. The Morgan fingerprint density at radius 1 is 1.22 bits per heavy atom. The van der Waals surface area contributed by atoms with Crippen molar-refractivity contribution in [2.75, 3.05) is 4.72 Å². The monoisotopic (exact) mass is 356 g/mol. The summed E-state index contributed by atoms with van der Waals surface area (Å²) in [5.41, 5.74) is -0.452. The molecule has 2 aromatic rings. The average molecular weight is 357 g/mol. The van der Waals surface area contributed by atoms with Gasteiger partial charge in [0.15, 0.2) is 0 Å². The van der Waals surface area contributed by atoms with Crippen molar-refractivity contribution in [1.29, 1.82) is 0 Å². The van der Waals surface area contributed by atoms with E-state index in [1.54, 1.807) is 24.3 Å². The molecule has 23 heavy (non-hydrogen) atoms. The fourth-order valence-corrected chi connectivity index (χ4v) is 2.74. The van der Waals surface area contributed by atoms with E-state index in [2.05, 4.69) is 4.72 Å². The van der Waals surface area contributed by atoms with Crippen LogP contribution in [0.15, 0.2) is 47.9 Å². The van der Waals surface area contributed by atoms with Crippen molar-refractivity contribution in [3.63, 3.8) is 0 Å². The van der Waals surface area contributed by atoms with Gasteiger partial charge in [0.1, 0.15) is 0 Å². The highest BCUT2D eigenvalue weighted by Gasteiger charge is 2.16. The maximum atomic E-state index is 13.2. The van der Waals surface area contributed by atoms with Crippen LogP contribution >= 0.6 is 11.6 Å². The Hall–Kier alpha value is -2.45. The summed E-state index contributed by atoms with van der Waals surface area (Å²) in [7, 11) is -3.94. The topological polar surface area (TPSA) is 89.3 Å². The molecule has 0 aliphatic rings. The maximum absolute atomic E-state index is 13.2. The van der Waals surface area contributed by atoms with Gasteiger partial charge in [-0.1, -0.05) is 29.8 Å². The van der Waals surface area contributed by atoms with Crippen molar-refractivity contribution >= 4 is 39.1 Å². The summed E-state index contributed by atoms with van der Waals surface area (Å²) < 4.78 is 39.2. The Balaban J connectivity index is 2.24. The van der Waals surface area contributed by atoms with Crippen LogP contribution in [0.3, 0.4) is 0 Å². The van der Waals surface area contributed by atoms with Crippen LogP contribution in [0.4, 0.5) is 15.8 Å². The van der Waals surface area contributed by atoms with E-state index in [1.165, 1.54) is 6.08 Å². The van der Waals surface area contributed by atoms with Crippen LogP contribution in [0.2, 0.25) is 5.02 Å². The number of sulfonamides is 1. The van der Waals surface area contributed by atoms with E-state index in [0.717, 1.165) is 23.6 Å². The summed E-state index contributed by atoms with van der Waals surface area (Å²) in [6.45, 7) is 0. The van der Waals surface area contributed by atoms with Gasteiger partial charge in [0.05, 0.1) is 16.0 Å². The van der Waals surface area contributed by atoms with E-state index in [9.17, 15) is 22.9 Å². The highest BCUT2D eigenvalue weighted by Crippen LogP contribution is 2.23. The smallest absolute Gasteiger partial charge is 0.280 e. The first-order valence-electron chi connectivity index (χ1n) is 6.18. The molecule has 6 nitrogen and oxygen atoms in total. The van der Waals surface area contributed by atoms with Crippen LogP contribution in [0.1, 0.15) is 5.56 Å². The quantitative estimate of drug-likeness (QED) is 0.651. The normalized spacial score (nSPS) is 11.6. The van der Waals surface area contributed by atoms with Crippen molar-refractivity contribution in [2.24, 2.45) is 0 Å². The fraction of sp³-hybridized carbons (Fsp3) is 0. The lowest BCUT2D eigenvalue weighted by Gasteiger charge is -2.05. The lowest BCUT2D eigenvalue weighted by molar-refractivity contribution is -0.387. The fourth-order valence-electron chi connectivity index (χ4n) is 1.69. The van der Waals surface area contributed by atoms with Gasteiger partial charge in [-0.2, -0.15) is 4.39 Å². The number of nitro groups is 1. The minimum atomic E-state index is -3.94. The molecule has 0 atom stereocenters. The second-order valence-electron chi connectivity index (χ2n) is 4.39. The molecule has 0 radical (unpaired) electrons. The predicted octanol–water partition coefficient (Wildman–Crippen LogP) is 3.80. The van der Waals surface area contributed by atoms with Crippen molar-refractivity contribution in [2.45, 2.75) is 0 Å². The molecule has 0 spiro atoms. The largest absolute Gasteiger partial charge is 0.306 e. The molecule has 0 amide bonds. The van der Waals surface area contributed by atoms with E-state index in [-0.39, 0.29) is 5.69 Å². The first-order chi connectivity index (χ1) is 10.8. The first-order valence-corrected chi connectivity index (χ1v) is 8.10. The van der Waals surface area contributed by atoms with Gasteiger partial charge >= 0.3 is 5.69 Å². The SMILES string of the molecule is O=[N+]([O-])c1cc(NS(=O)(=O)C=Cc2ccccc2Cl)ccc1F. The molecule has 0 fully saturated rings. The van der Waals surface area contributed by atoms with Gasteiger partial charge in [-0.15, -0.1) is 0 Å². The van der Waals surface area contributed by atoms with Gasteiger partial charge in [-0.25, -0.2) is 8.42 Å². The number of nitrogens with zero attached hydrogens (tertiary/aromatic N) is 1. The molecule has 0 aromatic heterocycles. The Kier molecular flexibility index (Phi) is 4.97. The van der Waals surface area contributed by atoms with Gasteiger partial charge in [0, 0.05) is 11.1 Å². The Morgan fingerprint density at radius 2 is 1.91 bits per heavy atom. The molecular formula is C14H10ClFN2O4S. The molecular weight excluding hydrogens is 347 g/mol. The van der Waals surface area contributed by atoms with Crippen LogP contribution < -0.4 is 4.72 Å². The Morgan fingerprint density at radius 3 is 2.57 bits per heavy atom. The molecule has 2 rings (SSSR count). The summed E-state index contributed by atoms with van der Waals surface area (Å²) >= 11 is 5.90. The van der Waals surface area contributed by atoms with Gasteiger partial charge in [-0.3, -0.25) is 14.8 Å². The molecule has 0 saturated heterocycles. The molecule has 0 heterocycles. The van der Waals surface area contributed by atoms with Crippen molar-refractivity contribution < 1.29 is 17.7 Å². The molecule has 0 aliphatic carbocycles. The van der Waals surface area contributed by atoms with Crippen LogP contribution in [-0.2, 0) is 10.0 Å². The highest BCUT2D eigenvalue weighted by molar-refractivity contribution is 7.95. The van der Waals surface area contributed by atoms with Crippen LogP contribution in [0.25, 0.3) is 6.08 Å². The number of hydrogen-bond acceptors (Lipinski definition) is 4. The van der Waals surface area contributed by atoms with Gasteiger partial charge in [0.2, 0.25) is 5.82 Å². The van der Waals surface area contributed by atoms with E-state index in [4.69, 9.17) is 11.6 Å². The summed E-state index contributed by atoms with van der Waals surface area (Å²) in [5.74, 6) is -1.05. The first kappa shape index (κ1) is 16.9. The molecule has 1 N–H and O–H groups in total. The summed E-state index contributed by atoms with van der Waals surface area (Å²) in [4.78, 5) is 9.71. The summed E-state index contributed by atoms with van der Waals surface area (Å²) in [5, 5.41) is 11.9. The summed E-state index contributed by atoms with van der Waals surface area (Å²) in [6, 6.07) is 9.31.